The maximum Gasteiger partial charge on any atom is 0.264 e. The largest absolute Gasteiger partial charge is 0.268 e. The Bertz CT molecular complexity index is 5140. The molecule has 0 radical (unpaired) electrons. The minimum Gasteiger partial charge on any atom is -0.268 e. The number of nitriles is 2. The molecule has 82 heavy (non-hydrogen) atoms. The molecule has 0 unspecified atom stereocenters. The van der Waals surface area contributed by atoms with E-state index >= 15 is 0 Å². The minimum absolute atomic E-state index is 0.139. The van der Waals surface area contributed by atoms with Crippen molar-refractivity contribution in [1.82, 2.24) is 18.8 Å². The lowest BCUT2D eigenvalue weighted by molar-refractivity contribution is 1.19. The molecule has 380 valence electrons. The fraction of sp³-hybridized carbons (Fsp3) is 0. The summed E-state index contributed by atoms with van der Waals surface area (Å²) in [5.74, 6) is 0. The zero-order valence-corrected chi connectivity index (χ0v) is 43.7. The molecule has 0 aliphatic heterocycles. The third-order valence-corrected chi connectivity index (χ3v) is 16.0. The van der Waals surface area contributed by atoms with Crippen LogP contribution < -0.4 is 11.1 Å². The molecule has 0 saturated heterocycles. The van der Waals surface area contributed by atoms with Crippen molar-refractivity contribution in [3.63, 3.8) is 0 Å². The average Bonchev–Trinajstić information content (AvgIpc) is 4.28. The third-order valence-electron chi connectivity index (χ3n) is 16.0. The summed E-state index contributed by atoms with van der Waals surface area (Å²) in [5, 5.41) is 26.2. The second-order valence-corrected chi connectivity index (χ2v) is 20.5. The van der Waals surface area contributed by atoms with Crippen molar-refractivity contribution < 1.29 is 0 Å². The van der Waals surface area contributed by atoms with Gasteiger partial charge in [-0.25, -0.2) is 9.97 Å². The predicted molar refractivity (Wildman–Crippen MR) is 332 cm³/mol. The van der Waals surface area contributed by atoms with Gasteiger partial charge in [0.2, 0.25) is 0 Å². The van der Waals surface area contributed by atoms with E-state index < -0.39 is 0 Å². The van der Waals surface area contributed by atoms with E-state index in [4.69, 9.17) is 9.97 Å². The molecule has 0 spiro atoms. The van der Waals surface area contributed by atoms with Crippen LogP contribution in [-0.4, -0.2) is 18.8 Å². The first-order valence-corrected chi connectivity index (χ1v) is 27.0. The average molecular weight is 1050 g/mol. The van der Waals surface area contributed by atoms with Crippen LogP contribution in [0.4, 0.5) is 0 Å². The zero-order valence-electron chi connectivity index (χ0n) is 43.7. The minimum atomic E-state index is -0.139. The van der Waals surface area contributed by atoms with Gasteiger partial charge in [-0.2, -0.15) is 10.5 Å². The smallest absolute Gasteiger partial charge is 0.264 e. The molecular formula is C74H42N6O2. The van der Waals surface area contributed by atoms with Gasteiger partial charge >= 0.3 is 0 Å². The van der Waals surface area contributed by atoms with Crippen molar-refractivity contribution in [3.8, 4) is 78.9 Å². The van der Waals surface area contributed by atoms with E-state index in [2.05, 4.69) is 84.9 Å². The second kappa shape index (κ2) is 19.1. The van der Waals surface area contributed by atoms with Gasteiger partial charge < -0.3 is 0 Å². The van der Waals surface area contributed by atoms with E-state index in [0.29, 0.717) is 33.2 Å². The molecule has 0 fully saturated rings. The summed E-state index contributed by atoms with van der Waals surface area (Å²) in [4.78, 5) is 39.0. The van der Waals surface area contributed by atoms with E-state index in [1.54, 1.807) is 20.9 Å². The molecular weight excluding hydrogens is 1000 g/mol. The van der Waals surface area contributed by atoms with Crippen LogP contribution in [0, 0.1) is 22.7 Å². The van der Waals surface area contributed by atoms with Gasteiger partial charge in [-0.15, -0.1) is 0 Å². The highest BCUT2D eigenvalue weighted by atomic mass is 16.1. The second-order valence-electron chi connectivity index (χ2n) is 20.5. The van der Waals surface area contributed by atoms with Crippen molar-refractivity contribution >= 4 is 76.5 Å². The molecule has 16 aromatic rings. The lowest BCUT2D eigenvalue weighted by atomic mass is 9.91. The normalized spacial score (nSPS) is 11.5. The van der Waals surface area contributed by atoms with Crippen LogP contribution in [0.25, 0.3) is 143 Å². The van der Waals surface area contributed by atoms with Crippen molar-refractivity contribution in [3.05, 3.63) is 287 Å². The summed E-state index contributed by atoms with van der Waals surface area (Å²) >= 11 is 0. The maximum absolute atomic E-state index is 14.4. The lowest BCUT2D eigenvalue weighted by Crippen LogP contribution is -2.14. The number of hydrogen-bond donors (Lipinski definition) is 0. The van der Waals surface area contributed by atoms with Gasteiger partial charge in [-0.1, -0.05) is 194 Å². The number of hydrogen-bond acceptors (Lipinski definition) is 6. The summed E-state index contributed by atoms with van der Waals surface area (Å²) in [7, 11) is 0. The Morgan fingerprint density at radius 3 is 0.951 bits per heavy atom. The third kappa shape index (κ3) is 7.44. The summed E-state index contributed by atoms with van der Waals surface area (Å²) < 4.78 is 3.52. The van der Waals surface area contributed by atoms with Crippen LogP contribution in [0.3, 0.4) is 0 Å². The van der Waals surface area contributed by atoms with E-state index in [9.17, 15) is 20.1 Å². The molecule has 8 nitrogen and oxygen atoms in total. The number of benzene rings is 12. The van der Waals surface area contributed by atoms with Gasteiger partial charge in [0, 0.05) is 54.2 Å². The highest BCUT2D eigenvalue weighted by Gasteiger charge is 2.25. The molecule has 0 saturated carbocycles. The Balaban J connectivity index is 0.000000140. The highest BCUT2D eigenvalue weighted by molar-refractivity contribution is 6.23. The van der Waals surface area contributed by atoms with Gasteiger partial charge in [0.05, 0.1) is 45.3 Å². The van der Waals surface area contributed by atoms with Crippen molar-refractivity contribution in [2.45, 2.75) is 0 Å². The summed E-state index contributed by atoms with van der Waals surface area (Å²) in [6.45, 7) is 0. The van der Waals surface area contributed by atoms with Gasteiger partial charge in [-0.05, 0) is 116 Å². The summed E-state index contributed by atoms with van der Waals surface area (Å²) in [6.07, 6.45) is 0. The molecule has 0 atom stereocenters. The molecule has 0 aliphatic rings. The van der Waals surface area contributed by atoms with Crippen LogP contribution in [-0.2, 0) is 0 Å². The first-order chi connectivity index (χ1) is 40.4. The summed E-state index contributed by atoms with van der Waals surface area (Å²) in [6, 6.07) is 89.2. The fourth-order valence-electron chi connectivity index (χ4n) is 12.3. The first-order valence-electron chi connectivity index (χ1n) is 27.0. The Kier molecular flexibility index (Phi) is 11.1. The molecule has 0 amide bonds. The van der Waals surface area contributed by atoms with Crippen LogP contribution in [0.5, 0.6) is 0 Å². The zero-order chi connectivity index (χ0) is 55.0. The molecule has 4 heterocycles. The van der Waals surface area contributed by atoms with Crippen molar-refractivity contribution in [1.29, 1.82) is 10.5 Å². The Morgan fingerprint density at radius 1 is 0.293 bits per heavy atom. The first kappa shape index (κ1) is 47.6. The van der Waals surface area contributed by atoms with Gasteiger partial charge in [0.1, 0.15) is 11.3 Å². The number of fused-ring (bicyclic) bond motifs is 8. The van der Waals surface area contributed by atoms with Crippen LogP contribution >= 0.6 is 0 Å². The molecule has 0 bridgehead atoms. The van der Waals surface area contributed by atoms with E-state index in [-0.39, 0.29) is 11.1 Å². The van der Waals surface area contributed by atoms with E-state index in [1.807, 2.05) is 170 Å². The van der Waals surface area contributed by atoms with Gasteiger partial charge in [0.25, 0.3) is 11.1 Å². The number of nitrogens with zero attached hydrogens (tertiary/aromatic N) is 6. The molecule has 8 heteroatoms. The van der Waals surface area contributed by atoms with Crippen molar-refractivity contribution in [2.75, 3.05) is 0 Å². The van der Waals surface area contributed by atoms with E-state index in [0.717, 1.165) is 121 Å². The topological polar surface area (TPSA) is 116 Å². The van der Waals surface area contributed by atoms with Crippen LogP contribution in [0.2, 0.25) is 0 Å². The SMILES string of the molecule is N#Cc1ccc2c(=O)n3c(nc4cc(-c5ccccc5)cc(-c5ccccc5)c43)c3ccc(-c4ccccc4)c1c23.N#Cc1ccc2c3c1c(-c1ccccc1)ccc3c(=O)n1c2nc2cc(-c3ccccc3)cc(-c3ccccc3)c21. The van der Waals surface area contributed by atoms with Crippen LogP contribution in [0.15, 0.2) is 264 Å². The molecule has 4 aromatic heterocycles. The number of aromatic nitrogens is 4. The standard InChI is InChI=1S/2C37H21N3O/c38-22-26-16-17-30-34-29(19-18-28(33(26)34)24-12-6-2-7-13-24)36-39-32-21-27(23-10-4-1-5-11-23)20-31(25-14-8-3-9-15-25)35(32)40(36)37(30)41;38-22-26-16-17-29-34-30(19-18-28(33(26)34)24-12-6-2-7-13-24)37(41)40-35-31(25-14-8-3-9-15-25)20-27(21-32(35)39-36(29)40)23-10-4-1-5-11-23/h2*1-21H. The van der Waals surface area contributed by atoms with Crippen molar-refractivity contribution in [2.24, 2.45) is 0 Å². The van der Waals surface area contributed by atoms with Gasteiger partial charge in [0.15, 0.2) is 0 Å². The molecule has 12 aromatic carbocycles. The Labute approximate surface area is 468 Å². The summed E-state index contributed by atoms with van der Waals surface area (Å²) in [5.41, 5.74) is 17.1. The predicted octanol–water partition coefficient (Wildman–Crippen LogP) is 16.9. The lowest BCUT2D eigenvalue weighted by Gasteiger charge is -2.14. The van der Waals surface area contributed by atoms with E-state index in [1.165, 1.54) is 0 Å². The number of imidazole rings is 2. The molecule has 0 N–H and O–H groups in total. The number of rotatable bonds is 6. The monoisotopic (exact) mass is 1050 g/mol. The number of pyridine rings is 2. The highest BCUT2D eigenvalue weighted by Crippen LogP contribution is 2.43. The fourth-order valence-corrected chi connectivity index (χ4v) is 12.3. The van der Waals surface area contributed by atoms with Crippen LogP contribution in [0.1, 0.15) is 11.1 Å². The van der Waals surface area contributed by atoms with Gasteiger partial charge in [-0.3, -0.25) is 18.4 Å². The molecule has 16 rings (SSSR count). The quantitative estimate of drug-likeness (QED) is 0.164. The molecule has 0 aliphatic carbocycles. The Morgan fingerprint density at radius 2 is 0.598 bits per heavy atom. The maximum atomic E-state index is 14.4. The Hall–Kier alpha value is -11.6.